The van der Waals surface area contributed by atoms with Crippen molar-refractivity contribution >= 4 is 29.2 Å². The molecule has 0 aromatic heterocycles. The van der Waals surface area contributed by atoms with E-state index in [1.54, 1.807) is 4.31 Å². The summed E-state index contributed by atoms with van der Waals surface area (Å²) < 4.78 is 1.75. The first kappa shape index (κ1) is 9.25. The second-order valence-corrected chi connectivity index (χ2v) is 3.54. The summed E-state index contributed by atoms with van der Waals surface area (Å²) in [5.41, 5.74) is 0. The molecular formula is C6H12N2OS2. The Morgan fingerprint density at radius 3 is 2.73 bits per heavy atom. The zero-order valence-electron chi connectivity index (χ0n) is 6.65. The first-order valence-electron chi connectivity index (χ1n) is 3.49. The second-order valence-electron chi connectivity index (χ2n) is 2.31. The van der Waals surface area contributed by atoms with E-state index in [4.69, 9.17) is 12.2 Å². The van der Waals surface area contributed by atoms with Crippen LogP contribution in [0.3, 0.4) is 0 Å². The van der Waals surface area contributed by atoms with Crippen molar-refractivity contribution in [2.75, 3.05) is 19.3 Å². The van der Waals surface area contributed by atoms with Crippen LogP contribution in [-0.2, 0) is 0 Å². The normalized spacial score (nSPS) is 26.6. The summed E-state index contributed by atoms with van der Waals surface area (Å²) in [6, 6.07) is 0. The van der Waals surface area contributed by atoms with Gasteiger partial charge in [-0.05, 0) is 18.5 Å². The molecule has 3 nitrogen and oxygen atoms in total. The number of aliphatic hydroxyl groups is 1. The van der Waals surface area contributed by atoms with E-state index in [9.17, 15) is 5.11 Å². The number of likely N-dealkylation sites (N-methyl/N-ethyl adjacent to an activating group) is 1. The predicted octanol–water partition coefficient (Wildman–Crippen LogP) is 0.505. The Morgan fingerprint density at radius 1 is 1.82 bits per heavy atom. The molecule has 0 radical (unpaired) electrons. The number of hydrogen-bond donors (Lipinski definition) is 1. The number of rotatable bonds is 2. The summed E-state index contributed by atoms with van der Waals surface area (Å²) in [6.07, 6.45) is 1.39. The maximum Gasteiger partial charge on any atom is 0.197 e. The summed E-state index contributed by atoms with van der Waals surface area (Å²) >= 11 is 6.53. The molecular weight excluding hydrogens is 180 g/mol. The van der Waals surface area contributed by atoms with Crippen LogP contribution in [0.15, 0.2) is 0 Å². The van der Waals surface area contributed by atoms with Gasteiger partial charge in [0.1, 0.15) is 4.99 Å². The second kappa shape index (κ2) is 3.71. The Morgan fingerprint density at radius 2 is 2.45 bits per heavy atom. The number of thiocarbonyl (C=S) groups is 1. The van der Waals surface area contributed by atoms with Gasteiger partial charge in [-0.25, -0.2) is 0 Å². The van der Waals surface area contributed by atoms with E-state index >= 15 is 0 Å². The molecule has 5 heteroatoms. The van der Waals surface area contributed by atoms with Gasteiger partial charge in [-0.15, -0.1) is 0 Å². The molecule has 0 saturated carbocycles. The zero-order valence-corrected chi connectivity index (χ0v) is 8.28. The van der Waals surface area contributed by atoms with Crippen molar-refractivity contribution in [3.8, 4) is 0 Å². The summed E-state index contributed by atoms with van der Waals surface area (Å²) in [7, 11) is 0. The minimum Gasteiger partial charge on any atom is -0.360 e. The van der Waals surface area contributed by atoms with E-state index in [1.807, 2.05) is 18.1 Å². The van der Waals surface area contributed by atoms with Crippen LogP contribution >= 0.6 is 24.2 Å². The molecule has 1 fully saturated rings. The SMILES string of the molecule is CCN1CC(=S)N(SC)[C@H]1O. The molecule has 1 aliphatic rings. The largest absolute Gasteiger partial charge is 0.360 e. The van der Waals surface area contributed by atoms with Gasteiger partial charge in [0, 0.05) is 6.26 Å². The van der Waals surface area contributed by atoms with E-state index < -0.39 is 6.35 Å². The van der Waals surface area contributed by atoms with Crippen LogP contribution in [-0.4, -0.2) is 45.0 Å². The van der Waals surface area contributed by atoms with Crippen LogP contribution < -0.4 is 0 Å². The lowest BCUT2D eigenvalue weighted by atomic mass is 10.6. The minimum absolute atomic E-state index is 0.525. The molecule has 1 saturated heterocycles. The third kappa shape index (κ3) is 1.66. The fourth-order valence-electron chi connectivity index (χ4n) is 1.07. The lowest BCUT2D eigenvalue weighted by molar-refractivity contribution is -0.00838. The van der Waals surface area contributed by atoms with E-state index in [-0.39, 0.29) is 0 Å². The van der Waals surface area contributed by atoms with Crippen molar-refractivity contribution in [3.63, 3.8) is 0 Å². The van der Waals surface area contributed by atoms with Gasteiger partial charge in [0.25, 0.3) is 0 Å². The average Bonchev–Trinajstić information content (AvgIpc) is 2.26. The summed E-state index contributed by atoms with van der Waals surface area (Å²) in [6.45, 7) is 3.54. The molecule has 0 aliphatic carbocycles. The lowest BCUT2D eigenvalue weighted by Gasteiger charge is -2.22. The molecule has 64 valence electrons. The molecule has 1 aliphatic heterocycles. The molecule has 1 N–H and O–H groups in total. The first-order chi connectivity index (χ1) is 5.20. The Balaban J connectivity index is 2.62. The van der Waals surface area contributed by atoms with Crippen molar-refractivity contribution in [3.05, 3.63) is 0 Å². The van der Waals surface area contributed by atoms with Gasteiger partial charge in [0.15, 0.2) is 6.35 Å². The van der Waals surface area contributed by atoms with Crippen molar-refractivity contribution in [2.45, 2.75) is 13.3 Å². The molecule has 0 bridgehead atoms. The average molecular weight is 192 g/mol. The van der Waals surface area contributed by atoms with Crippen molar-refractivity contribution in [1.82, 2.24) is 9.21 Å². The van der Waals surface area contributed by atoms with Gasteiger partial charge in [0.2, 0.25) is 0 Å². The minimum atomic E-state index is -0.525. The van der Waals surface area contributed by atoms with Gasteiger partial charge in [0.05, 0.1) is 6.54 Å². The predicted molar refractivity (Wildman–Crippen MR) is 51.2 cm³/mol. The van der Waals surface area contributed by atoms with E-state index in [0.717, 1.165) is 11.5 Å². The molecule has 0 unspecified atom stereocenters. The van der Waals surface area contributed by atoms with Gasteiger partial charge < -0.3 is 5.11 Å². The van der Waals surface area contributed by atoms with Crippen LogP contribution in [0.4, 0.5) is 0 Å². The number of hydrogen-bond acceptors (Lipinski definition) is 4. The topological polar surface area (TPSA) is 26.7 Å². The van der Waals surface area contributed by atoms with Gasteiger partial charge in [-0.3, -0.25) is 9.21 Å². The summed E-state index contributed by atoms with van der Waals surface area (Å²) in [4.78, 5) is 2.73. The van der Waals surface area contributed by atoms with Crippen molar-refractivity contribution in [1.29, 1.82) is 0 Å². The Hall–Kier alpha value is 0.160. The van der Waals surface area contributed by atoms with E-state index in [1.165, 1.54) is 11.9 Å². The highest BCUT2D eigenvalue weighted by Gasteiger charge is 2.31. The first-order valence-corrected chi connectivity index (χ1v) is 5.08. The number of aliphatic hydroxyl groups excluding tert-OH is 1. The third-order valence-electron chi connectivity index (χ3n) is 1.72. The highest BCUT2D eigenvalue weighted by atomic mass is 32.2. The fourth-order valence-corrected chi connectivity index (χ4v) is 2.14. The van der Waals surface area contributed by atoms with Gasteiger partial charge in [-0.2, -0.15) is 0 Å². The maximum atomic E-state index is 9.56. The highest BCUT2D eigenvalue weighted by molar-refractivity contribution is 7.97. The number of nitrogens with zero attached hydrogens (tertiary/aromatic N) is 2. The highest BCUT2D eigenvalue weighted by Crippen LogP contribution is 2.20. The molecule has 11 heavy (non-hydrogen) atoms. The molecule has 0 aromatic rings. The van der Waals surface area contributed by atoms with Gasteiger partial charge >= 0.3 is 0 Å². The summed E-state index contributed by atoms with van der Waals surface area (Å²) in [5.74, 6) is 0. The molecule has 1 heterocycles. The third-order valence-corrected chi connectivity index (χ3v) is 2.97. The van der Waals surface area contributed by atoms with Crippen LogP contribution in [0, 0.1) is 0 Å². The lowest BCUT2D eigenvalue weighted by Crippen LogP contribution is -2.35. The quantitative estimate of drug-likeness (QED) is 0.508. The van der Waals surface area contributed by atoms with Crippen LogP contribution in [0.1, 0.15) is 6.92 Å². The fraction of sp³-hybridized carbons (Fsp3) is 0.833. The Bertz CT molecular complexity index is 165. The van der Waals surface area contributed by atoms with Crippen molar-refractivity contribution in [2.24, 2.45) is 0 Å². The standard InChI is InChI=1S/C6H12N2OS2/c1-3-7-4-5(10)8(11-2)6(7)9/h6,9H,3-4H2,1-2H3/t6-/m0/s1. The van der Waals surface area contributed by atoms with Crippen LogP contribution in [0.2, 0.25) is 0 Å². The van der Waals surface area contributed by atoms with Crippen LogP contribution in [0.25, 0.3) is 0 Å². The van der Waals surface area contributed by atoms with E-state index in [2.05, 4.69) is 0 Å². The molecule has 0 amide bonds. The van der Waals surface area contributed by atoms with E-state index in [0.29, 0.717) is 6.54 Å². The van der Waals surface area contributed by atoms with Crippen LogP contribution in [0.5, 0.6) is 0 Å². The zero-order chi connectivity index (χ0) is 8.43. The molecule has 1 atom stereocenters. The monoisotopic (exact) mass is 192 g/mol. The smallest absolute Gasteiger partial charge is 0.197 e. The van der Waals surface area contributed by atoms with Gasteiger partial charge in [-0.1, -0.05) is 19.1 Å². The molecule has 0 spiro atoms. The molecule has 1 rings (SSSR count). The molecule has 0 aromatic carbocycles. The Kier molecular flexibility index (Phi) is 3.12. The summed E-state index contributed by atoms with van der Waals surface area (Å²) in [5, 5.41) is 9.56. The maximum absolute atomic E-state index is 9.56. The van der Waals surface area contributed by atoms with Crippen molar-refractivity contribution < 1.29 is 5.11 Å². The Labute approximate surface area is 76.5 Å².